The van der Waals surface area contributed by atoms with Crippen LogP contribution in [0.3, 0.4) is 0 Å². The Kier molecular flexibility index (Phi) is 7.03. The number of halogens is 1. The second-order valence-electron chi connectivity index (χ2n) is 5.83. The molecule has 2 aliphatic rings. The lowest BCUT2D eigenvalue weighted by atomic mass is 10.1. The predicted octanol–water partition coefficient (Wildman–Crippen LogP) is 1.54. The van der Waals surface area contributed by atoms with Gasteiger partial charge in [0.1, 0.15) is 0 Å². The van der Waals surface area contributed by atoms with Crippen molar-refractivity contribution in [3.05, 3.63) is 0 Å². The smallest absolute Gasteiger partial charge is 0.191 e. The maximum atomic E-state index is 11.4. The third-order valence-corrected chi connectivity index (χ3v) is 5.59. The monoisotopic (exact) mass is 415 g/mol. The summed E-state index contributed by atoms with van der Waals surface area (Å²) in [6.07, 6.45) is 4.22. The molecule has 1 aliphatic carbocycles. The van der Waals surface area contributed by atoms with Crippen LogP contribution in [0.1, 0.15) is 39.5 Å². The molecule has 1 aliphatic heterocycles. The van der Waals surface area contributed by atoms with Crippen molar-refractivity contribution in [2.45, 2.75) is 51.6 Å². The molecule has 0 amide bonds. The van der Waals surface area contributed by atoms with Gasteiger partial charge in [-0.2, -0.15) is 0 Å². The quantitative estimate of drug-likeness (QED) is 0.406. The molecule has 0 spiro atoms. The normalized spacial score (nSPS) is 26.7. The van der Waals surface area contributed by atoms with Crippen LogP contribution in [-0.4, -0.2) is 44.5 Å². The lowest BCUT2D eigenvalue weighted by Crippen LogP contribution is -2.43. The van der Waals surface area contributed by atoms with Gasteiger partial charge in [-0.3, -0.25) is 4.99 Å². The van der Waals surface area contributed by atoms with Gasteiger partial charge in [0.15, 0.2) is 15.8 Å². The molecule has 0 aromatic carbocycles. The van der Waals surface area contributed by atoms with Crippen LogP contribution in [0.15, 0.2) is 4.99 Å². The summed E-state index contributed by atoms with van der Waals surface area (Å²) in [5, 5.41) is 6.76. The molecule has 0 aromatic heterocycles. The molecule has 20 heavy (non-hydrogen) atoms. The maximum Gasteiger partial charge on any atom is 0.191 e. The lowest BCUT2D eigenvalue weighted by molar-refractivity contribution is 0.583. The molecule has 1 heterocycles. The van der Waals surface area contributed by atoms with Crippen LogP contribution >= 0.6 is 24.0 Å². The zero-order valence-corrected chi connectivity index (χ0v) is 15.4. The number of nitrogens with one attached hydrogen (secondary N) is 2. The number of hydrogen-bond acceptors (Lipinski definition) is 3. The van der Waals surface area contributed by atoms with Crippen LogP contribution in [0.4, 0.5) is 0 Å². The number of rotatable bonds is 5. The highest BCUT2D eigenvalue weighted by molar-refractivity contribution is 14.0. The van der Waals surface area contributed by atoms with Crippen LogP contribution in [0.2, 0.25) is 0 Å². The molecule has 0 aromatic rings. The van der Waals surface area contributed by atoms with Gasteiger partial charge < -0.3 is 10.6 Å². The van der Waals surface area contributed by atoms with Gasteiger partial charge in [0.05, 0.1) is 11.5 Å². The highest BCUT2D eigenvalue weighted by atomic mass is 127. The van der Waals surface area contributed by atoms with Crippen LogP contribution in [0.5, 0.6) is 0 Å². The van der Waals surface area contributed by atoms with E-state index in [-0.39, 0.29) is 29.9 Å². The van der Waals surface area contributed by atoms with E-state index in [9.17, 15) is 8.42 Å². The molecule has 7 heteroatoms. The van der Waals surface area contributed by atoms with Gasteiger partial charge in [0.25, 0.3) is 0 Å². The highest BCUT2D eigenvalue weighted by Crippen LogP contribution is 2.20. The average Bonchev–Trinajstić information content (AvgIpc) is 3.09. The van der Waals surface area contributed by atoms with E-state index in [0.29, 0.717) is 30.1 Å². The van der Waals surface area contributed by atoms with E-state index in [1.165, 1.54) is 12.8 Å². The summed E-state index contributed by atoms with van der Waals surface area (Å²) < 4.78 is 22.8. The fourth-order valence-corrected chi connectivity index (χ4v) is 3.98. The number of hydrogen-bond donors (Lipinski definition) is 2. The number of aliphatic imine (C=N–C) groups is 1. The lowest BCUT2D eigenvalue weighted by Gasteiger charge is -2.17. The van der Waals surface area contributed by atoms with Gasteiger partial charge in [-0.25, -0.2) is 8.42 Å². The molecule has 0 radical (unpaired) electrons. The first-order valence-electron chi connectivity index (χ1n) is 7.26. The molecule has 1 saturated carbocycles. The van der Waals surface area contributed by atoms with Crippen molar-refractivity contribution in [1.29, 1.82) is 0 Å². The van der Waals surface area contributed by atoms with Crippen molar-refractivity contribution in [3.63, 3.8) is 0 Å². The van der Waals surface area contributed by atoms with E-state index >= 15 is 0 Å². The molecule has 2 atom stereocenters. The largest absolute Gasteiger partial charge is 0.354 e. The second kappa shape index (κ2) is 7.82. The Morgan fingerprint density at radius 1 is 1.35 bits per heavy atom. The van der Waals surface area contributed by atoms with E-state index in [2.05, 4.69) is 29.5 Å². The van der Waals surface area contributed by atoms with Crippen LogP contribution in [0, 0.1) is 5.92 Å². The van der Waals surface area contributed by atoms with Crippen LogP contribution in [-0.2, 0) is 9.84 Å². The summed E-state index contributed by atoms with van der Waals surface area (Å²) >= 11 is 0. The topological polar surface area (TPSA) is 70.6 Å². The van der Waals surface area contributed by atoms with Gasteiger partial charge in [-0.05, 0) is 38.5 Å². The minimum atomic E-state index is -2.79. The van der Waals surface area contributed by atoms with E-state index < -0.39 is 9.84 Å². The van der Waals surface area contributed by atoms with Crippen LogP contribution < -0.4 is 10.6 Å². The van der Waals surface area contributed by atoms with Crippen molar-refractivity contribution in [2.24, 2.45) is 10.9 Å². The van der Waals surface area contributed by atoms with Crippen molar-refractivity contribution in [1.82, 2.24) is 10.6 Å². The fourth-order valence-electron chi connectivity index (χ4n) is 2.13. The van der Waals surface area contributed by atoms with Gasteiger partial charge >= 0.3 is 0 Å². The van der Waals surface area contributed by atoms with Gasteiger partial charge in [0, 0.05) is 18.6 Å². The zero-order valence-electron chi connectivity index (χ0n) is 12.3. The minimum Gasteiger partial charge on any atom is -0.354 e. The molecule has 118 valence electrons. The van der Waals surface area contributed by atoms with Crippen molar-refractivity contribution < 1.29 is 8.42 Å². The van der Waals surface area contributed by atoms with Gasteiger partial charge in [0.2, 0.25) is 0 Å². The molecular formula is C13H26IN3O2S. The van der Waals surface area contributed by atoms with Gasteiger partial charge in [-0.15, -0.1) is 24.0 Å². The van der Waals surface area contributed by atoms with Gasteiger partial charge in [-0.1, -0.05) is 6.92 Å². The van der Waals surface area contributed by atoms with Crippen molar-refractivity contribution >= 4 is 39.8 Å². The molecule has 2 unspecified atom stereocenters. The van der Waals surface area contributed by atoms with E-state index in [4.69, 9.17) is 0 Å². The predicted molar refractivity (Wildman–Crippen MR) is 93.5 cm³/mol. The van der Waals surface area contributed by atoms with Crippen molar-refractivity contribution in [3.8, 4) is 0 Å². The summed E-state index contributed by atoms with van der Waals surface area (Å²) in [5.74, 6) is 1.68. The zero-order chi connectivity index (χ0) is 13.9. The molecule has 2 fully saturated rings. The third kappa shape index (κ3) is 6.15. The van der Waals surface area contributed by atoms with E-state index in [1.54, 1.807) is 0 Å². The molecule has 2 N–H and O–H groups in total. The molecular weight excluding hydrogens is 389 g/mol. The summed E-state index contributed by atoms with van der Waals surface area (Å²) in [4.78, 5) is 4.57. The Bertz CT molecular complexity index is 435. The standard InChI is InChI=1S/C13H25N3O2S.HI/c1-3-10(2)15-13(16-12-4-5-12)14-8-11-6-7-19(17,18)9-11;/h10-12H,3-9H2,1-2H3,(H2,14,15,16);1H. The number of guanidine groups is 1. The Balaban J connectivity index is 0.00000200. The minimum absolute atomic E-state index is 0. The second-order valence-corrected chi connectivity index (χ2v) is 8.06. The van der Waals surface area contributed by atoms with Crippen molar-refractivity contribution in [2.75, 3.05) is 18.1 Å². The number of sulfone groups is 1. The summed E-state index contributed by atoms with van der Waals surface area (Å²) in [7, 11) is -2.79. The first-order chi connectivity index (χ1) is 8.98. The number of nitrogens with zero attached hydrogens (tertiary/aromatic N) is 1. The SMILES string of the molecule is CCC(C)NC(=NCC1CCS(=O)(=O)C1)NC1CC1.I. The molecule has 0 bridgehead atoms. The Morgan fingerprint density at radius 2 is 2.05 bits per heavy atom. The maximum absolute atomic E-state index is 11.4. The first kappa shape index (κ1) is 18.0. The fraction of sp³-hybridized carbons (Fsp3) is 0.923. The molecule has 1 saturated heterocycles. The summed E-state index contributed by atoms with van der Waals surface area (Å²) in [6.45, 7) is 4.87. The Hall–Kier alpha value is -0.0500. The Labute approximate surface area is 139 Å². The summed E-state index contributed by atoms with van der Waals surface area (Å²) in [5.41, 5.74) is 0. The average molecular weight is 415 g/mol. The first-order valence-corrected chi connectivity index (χ1v) is 9.08. The van der Waals surface area contributed by atoms with E-state index in [0.717, 1.165) is 18.8 Å². The third-order valence-electron chi connectivity index (χ3n) is 3.75. The van der Waals surface area contributed by atoms with E-state index in [1.807, 2.05) is 0 Å². The molecule has 5 nitrogen and oxygen atoms in total. The van der Waals surface area contributed by atoms with Crippen LogP contribution in [0.25, 0.3) is 0 Å². The summed E-state index contributed by atoms with van der Waals surface area (Å²) in [6, 6.07) is 0.944. The highest BCUT2D eigenvalue weighted by Gasteiger charge is 2.28. The Morgan fingerprint density at radius 3 is 2.55 bits per heavy atom. The molecule has 2 rings (SSSR count).